The second-order valence-corrected chi connectivity index (χ2v) is 5.29. The molecule has 0 aromatic heterocycles. The number of hydrogen-bond acceptors (Lipinski definition) is 5. The normalized spacial score (nSPS) is 10.8. The Balaban J connectivity index is 1.85. The van der Waals surface area contributed by atoms with Crippen LogP contribution in [0, 0.1) is 0 Å². The summed E-state index contributed by atoms with van der Waals surface area (Å²) in [5.41, 5.74) is 1.09. The molecule has 0 unspecified atom stereocenters. The monoisotopic (exact) mass is 384 g/mol. The minimum absolute atomic E-state index is 0.0945. The third kappa shape index (κ3) is 6.21. The van der Waals surface area contributed by atoms with Crippen LogP contribution in [0.4, 0.5) is 14.5 Å². The van der Waals surface area contributed by atoms with Gasteiger partial charge in [-0.25, -0.2) is 0 Å². The van der Waals surface area contributed by atoms with E-state index in [0.29, 0.717) is 16.3 Å². The Labute approximate surface area is 153 Å². The zero-order chi connectivity index (χ0) is 18.9. The maximum Gasteiger partial charge on any atom is 0.387 e. The van der Waals surface area contributed by atoms with Gasteiger partial charge >= 0.3 is 6.61 Å². The van der Waals surface area contributed by atoms with E-state index < -0.39 is 12.5 Å². The molecule has 2 aromatic carbocycles. The molecule has 0 aliphatic carbocycles. The smallest absolute Gasteiger partial charge is 0.387 e. The number of nitrogens with zero attached hydrogens (tertiary/aromatic N) is 1. The van der Waals surface area contributed by atoms with Crippen molar-refractivity contribution in [3.63, 3.8) is 0 Å². The van der Waals surface area contributed by atoms with Crippen molar-refractivity contribution < 1.29 is 27.9 Å². The third-order valence-corrected chi connectivity index (χ3v) is 3.26. The van der Waals surface area contributed by atoms with Crippen molar-refractivity contribution >= 4 is 29.4 Å². The molecule has 0 bridgehead atoms. The zero-order valence-electron chi connectivity index (χ0n) is 13.6. The van der Waals surface area contributed by atoms with E-state index in [9.17, 15) is 13.6 Å². The average molecular weight is 385 g/mol. The molecular weight excluding hydrogens is 370 g/mol. The first-order valence-electron chi connectivity index (χ1n) is 7.31. The Morgan fingerprint density at radius 3 is 2.62 bits per heavy atom. The predicted molar refractivity (Wildman–Crippen MR) is 93.3 cm³/mol. The molecule has 9 heteroatoms. The molecule has 6 nitrogen and oxygen atoms in total. The number of amides is 1. The molecule has 1 N–H and O–H groups in total. The first kappa shape index (κ1) is 19.5. The molecular formula is C17H15ClF2N2O4. The van der Waals surface area contributed by atoms with Crippen LogP contribution in [0.3, 0.4) is 0 Å². The van der Waals surface area contributed by atoms with Crippen molar-refractivity contribution in [3.05, 3.63) is 53.1 Å². The van der Waals surface area contributed by atoms with Gasteiger partial charge in [0.05, 0.1) is 13.3 Å². The van der Waals surface area contributed by atoms with Crippen molar-refractivity contribution in [1.82, 2.24) is 0 Å². The molecule has 138 valence electrons. The molecule has 1 amide bonds. The Hall–Kier alpha value is -2.87. The van der Waals surface area contributed by atoms with Crippen molar-refractivity contribution in [2.24, 2.45) is 5.16 Å². The molecule has 0 radical (unpaired) electrons. The highest BCUT2D eigenvalue weighted by molar-refractivity contribution is 6.30. The van der Waals surface area contributed by atoms with Crippen LogP contribution in [0.15, 0.2) is 47.6 Å². The quantitative estimate of drug-likeness (QED) is 0.553. The minimum atomic E-state index is -2.95. The van der Waals surface area contributed by atoms with Crippen molar-refractivity contribution in [2.75, 3.05) is 19.0 Å². The molecule has 0 aliphatic rings. The van der Waals surface area contributed by atoms with Gasteiger partial charge in [0.15, 0.2) is 18.1 Å². The van der Waals surface area contributed by atoms with Crippen LogP contribution in [0.2, 0.25) is 5.02 Å². The van der Waals surface area contributed by atoms with Gasteiger partial charge in [-0.05, 0) is 42.5 Å². The summed E-state index contributed by atoms with van der Waals surface area (Å²) < 4.78 is 33.8. The number of carbonyl (C=O) groups excluding carboxylic acids is 1. The number of methoxy groups -OCH3 is 1. The third-order valence-electron chi connectivity index (χ3n) is 3.00. The molecule has 2 aromatic rings. The Morgan fingerprint density at radius 2 is 1.96 bits per heavy atom. The van der Waals surface area contributed by atoms with Crippen LogP contribution in [-0.2, 0) is 9.63 Å². The molecule has 26 heavy (non-hydrogen) atoms. The number of carbonyl (C=O) groups is 1. The van der Waals surface area contributed by atoms with Gasteiger partial charge in [-0.1, -0.05) is 16.8 Å². The van der Waals surface area contributed by atoms with Gasteiger partial charge < -0.3 is 19.6 Å². The number of hydrogen-bond donors (Lipinski definition) is 1. The lowest BCUT2D eigenvalue weighted by molar-refractivity contribution is -0.120. The number of nitrogens with one attached hydrogen (secondary N) is 1. The van der Waals surface area contributed by atoms with Crippen LogP contribution in [-0.4, -0.2) is 32.4 Å². The Kier molecular flexibility index (Phi) is 7.16. The van der Waals surface area contributed by atoms with Crippen LogP contribution < -0.4 is 14.8 Å². The summed E-state index contributed by atoms with van der Waals surface area (Å²) in [5, 5.41) is 6.82. The van der Waals surface area contributed by atoms with Crippen LogP contribution >= 0.6 is 11.6 Å². The van der Waals surface area contributed by atoms with Gasteiger partial charge in [0.2, 0.25) is 0 Å². The number of ether oxygens (including phenoxy) is 2. The molecule has 0 saturated carbocycles. The summed E-state index contributed by atoms with van der Waals surface area (Å²) in [6.07, 6.45) is 1.31. The van der Waals surface area contributed by atoms with Gasteiger partial charge in [0.1, 0.15) is 0 Å². The zero-order valence-corrected chi connectivity index (χ0v) is 14.4. The molecule has 0 heterocycles. The van der Waals surface area contributed by atoms with Crippen LogP contribution in [0.25, 0.3) is 0 Å². The molecule has 0 atom stereocenters. The van der Waals surface area contributed by atoms with E-state index in [2.05, 4.69) is 15.2 Å². The standard InChI is InChI=1S/C17H15ClF2N2O4/c1-24-15-8-11(2-7-14(15)26-17(19)20)9-21-25-10-16(23)22-13-5-3-12(18)4-6-13/h2-9,17H,10H2,1H3,(H,22,23)/b21-9-. The van der Waals surface area contributed by atoms with Gasteiger partial charge in [-0.2, -0.15) is 8.78 Å². The maximum absolute atomic E-state index is 12.3. The number of halogens is 3. The fourth-order valence-electron chi connectivity index (χ4n) is 1.88. The van der Waals surface area contributed by atoms with Crippen LogP contribution in [0.5, 0.6) is 11.5 Å². The SMILES string of the molecule is COc1cc(/C=N\OCC(=O)Nc2ccc(Cl)cc2)ccc1OC(F)F. The second kappa shape index (κ2) is 9.57. The second-order valence-electron chi connectivity index (χ2n) is 4.85. The number of oxime groups is 1. The number of alkyl halides is 2. The van der Waals surface area contributed by atoms with Gasteiger partial charge in [0, 0.05) is 16.3 Å². The molecule has 0 aliphatic heterocycles. The highest BCUT2D eigenvalue weighted by Crippen LogP contribution is 2.28. The van der Waals surface area contributed by atoms with Gasteiger partial charge in [0.25, 0.3) is 5.91 Å². The topological polar surface area (TPSA) is 69.2 Å². The van der Waals surface area contributed by atoms with E-state index in [0.717, 1.165) is 0 Å². The summed E-state index contributed by atoms with van der Waals surface area (Å²) in [5.74, 6) is -0.375. The van der Waals surface area contributed by atoms with Gasteiger partial charge in [-0.15, -0.1) is 0 Å². The minimum Gasteiger partial charge on any atom is -0.493 e. The summed E-state index contributed by atoms with van der Waals surface area (Å²) >= 11 is 5.75. The lowest BCUT2D eigenvalue weighted by Crippen LogP contribution is -2.16. The van der Waals surface area contributed by atoms with Crippen LogP contribution in [0.1, 0.15) is 5.56 Å². The summed E-state index contributed by atoms with van der Waals surface area (Å²) in [6, 6.07) is 10.8. The van der Waals surface area contributed by atoms with Crippen molar-refractivity contribution in [3.8, 4) is 11.5 Å². The largest absolute Gasteiger partial charge is 0.493 e. The summed E-state index contributed by atoms with van der Waals surface area (Å²) in [6.45, 7) is -3.26. The number of benzene rings is 2. The van der Waals surface area contributed by atoms with Crippen molar-refractivity contribution in [1.29, 1.82) is 0 Å². The number of rotatable bonds is 8. The van der Waals surface area contributed by atoms with E-state index in [1.54, 1.807) is 24.3 Å². The molecule has 0 saturated heterocycles. The van der Waals surface area contributed by atoms with Crippen molar-refractivity contribution in [2.45, 2.75) is 6.61 Å². The highest BCUT2D eigenvalue weighted by Gasteiger charge is 2.10. The first-order valence-corrected chi connectivity index (χ1v) is 7.69. The Morgan fingerprint density at radius 1 is 1.23 bits per heavy atom. The van der Waals surface area contributed by atoms with E-state index in [1.165, 1.54) is 31.5 Å². The van der Waals surface area contributed by atoms with E-state index in [1.807, 2.05) is 0 Å². The van der Waals surface area contributed by atoms with E-state index in [4.69, 9.17) is 21.2 Å². The number of anilines is 1. The lowest BCUT2D eigenvalue weighted by atomic mass is 10.2. The maximum atomic E-state index is 12.3. The predicted octanol–water partition coefficient (Wildman–Crippen LogP) is 3.94. The highest BCUT2D eigenvalue weighted by atomic mass is 35.5. The summed E-state index contributed by atoms with van der Waals surface area (Å²) in [4.78, 5) is 16.6. The Bertz CT molecular complexity index is 770. The molecule has 0 spiro atoms. The molecule has 2 rings (SSSR count). The fraction of sp³-hybridized carbons (Fsp3) is 0.176. The first-order chi connectivity index (χ1) is 12.5. The van der Waals surface area contributed by atoms with E-state index in [-0.39, 0.29) is 18.1 Å². The summed E-state index contributed by atoms with van der Waals surface area (Å²) in [7, 11) is 1.33. The fourth-order valence-corrected chi connectivity index (χ4v) is 2.01. The molecule has 0 fully saturated rings. The average Bonchev–Trinajstić information content (AvgIpc) is 2.61. The van der Waals surface area contributed by atoms with Gasteiger partial charge in [-0.3, -0.25) is 4.79 Å². The lowest BCUT2D eigenvalue weighted by Gasteiger charge is -2.09. The van der Waals surface area contributed by atoms with E-state index >= 15 is 0 Å².